The Morgan fingerprint density at radius 1 is 1.29 bits per heavy atom. The third-order valence-corrected chi connectivity index (χ3v) is 6.17. The van der Waals surface area contributed by atoms with Gasteiger partial charge in [0, 0.05) is 30.7 Å². The van der Waals surface area contributed by atoms with E-state index in [0.29, 0.717) is 24.1 Å². The average molecular weight is 399 g/mol. The standard InChI is InChI=1S/C21H26N4O2S/c1-27-18(26)11-14-25-20(17-10-6-13-24(17)15-7-2-3-8-15)19(23-21(25)28)16-9-4-5-12-22-16/h4-6,9-10,12-13,15,19-20H,2-3,7-8,11,14H2,1H3,(H,23,28)/t19-,20-/m1/s1. The van der Waals surface area contributed by atoms with Crippen molar-refractivity contribution in [3.63, 3.8) is 0 Å². The van der Waals surface area contributed by atoms with Gasteiger partial charge < -0.3 is 19.5 Å². The molecule has 2 aliphatic rings. The second-order valence-corrected chi connectivity index (χ2v) is 7.81. The largest absolute Gasteiger partial charge is 0.469 e. The van der Waals surface area contributed by atoms with Crippen LogP contribution in [0, 0.1) is 0 Å². The average Bonchev–Trinajstić information content (AvgIpc) is 3.46. The number of esters is 1. The van der Waals surface area contributed by atoms with Crippen molar-refractivity contribution in [2.45, 2.75) is 50.2 Å². The Hall–Kier alpha value is -2.41. The minimum absolute atomic E-state index is 0.0114. The first kappa shape index (κ1) is 18.9. The Balaban J connectivity index is 1.70. The van der Waals surface area contributed by atoms with Crippen molar-refractivity contribution in [3.8, 4) is 0 Å². The van der Waals surface area contributed by atoms with E-state index in [1.807, 2.05) is 24.4 Å². The molecule has 0 spiro atoms. The molecular formula is C21H26N4O2S. The SMILES string of the molecule is COC(=O)CCN1C(=S)N[C@H](c2ccccn2)[C@H]1c1cccn1C1CCCC1. The van der Waals surface area contributed by atoms with Crippen molar-refractivity contribution in [2.24, 2.45) is 0 Å². The van der Waals surface area contributed by atoms with E-state index < -0.39 is 0 Å². The number of nitrogens with one attached hydrogen (secondary N) is 1. The number of hydrogen-bond acceptors (Lipinski definition) is 4. The van der Waals surface area contributed by atoms with Crippen LogP contribution < -0.4 is 5.32 Å². The van der Waals surface area contributed by atoms with Crippen molar-refractivity contribution in [2.75, 3.05) is 13.7 Å². The van der Waals surface area contributed by atoms with Gasteiger partial charge in [-0.05, 0) is 49.3 Å². The van der Waals surface area contributed by atoms with E-state index in [1.165, 1.54) is 38.5 Å². The van der Waals surface area contributed by atoms with Crippen molar-refractivity contribution >= 4 is 23.3 Å². The molecule has 2 aromatic heterocycles. The van der Waals surface area contributed by atoms with E-state index in [1.54, 1.807) is 0 Å². The first-order chi connectivity index (χ1) is 13.7. The van der Waals surface area contributed by atoms with Gasteiger partial charge in [0.1, 0.15) is 0 Å². The quantitative estimate of drug-likeness (QED) is 0.593. The fraction of sp³-hybridized carbons (Fsp3) is 0.476. The normalized spacial score (nSPS) is 22.5. The van der Waals surface area contributed by atoms with Crippen LogP contribution in [-0.2, 0) is 9.53 Å². The molecule has 0 amide bonds. The molecule has 0 unspecified atom stereocenters. The van der Waals surface area contributed by atoms with Gasteiger partial charge in [0.05, 0.1) is 31.3 Å². The third kappa shape index (κ3) is 3.63. The van der Waals surface area contributed by atoms with Gasteiger partial charge in [-0.25, -0.2) is 0 Å². The molecule has 0 bridgehead atoms. The maximum Gasteiger partial charge on any atom is 0.307 e. The molecular weight excluding hydrogens is 372 g/mol. The Bertz CT molecular complexity index is 832. The Morgan fingerprint density at radius 3 is 2.82 bits per heavy atom. The molecule has 1 saturated heterocycles. The van der Waals surface area contributed by atoms with Crippen LogP contribution in [0.4, 0.5) is 0 Å². The Morgan fingerprint density at radius 2 is 2.11 bits per heavy atom. The van der Waals surface area contributed by atoms with Gasteiger partial charge in [0.15, 0.2) is 5.11 Å². The number of pyridine rings is 1. The van der Waals surface area contributed by atoms with Gasteiger partial charge in [0.2, 0.25) is 0 Å². The second-order valence-electron chi connectivity index (χ2n) is 7.42. The van der Waals surface area contributed by atoms with E-state index in [4.69, 9.17) is 17.0 Å². The summed E-state index contributed by atoms with van der Waals surface area (Å²) in [4.78, 5) is 18.5. The van der Waals surface area contributed by atoms with Crippen LogP contribution in [-0.4, -0.2) is 39.2 Å². The lowest BCUT2D eigenvalue weighted by Gasteiger charge is -2.30. The highest BCUT2D eigenvalue weighted by Crippen LogP contribution is 2.41. The molecule has 6 nitrogen and oxygen atoms in total. The summed E-state index contributed by atoms with van der Waals surface area (Å²) in [5, 5.41) is 4.10. The van der Waals surface area contributed by atoms with Crippen molar-refractivity contribution in [3.05, 3.63) is 54.1 Å². The molecule has 1 aliphatic heterocycles. The molecule has 1 N–H and O–H groups in total. The summed E-state index contributed by atoms with van der Waals surface area (Å²) >= 11 is 5.66. The number of ether oxygens (including phenoxy) is 1. The summed E-state index contributed by atoms with van der Waals surface area (Å²) < 4.78 is 7.25. The first-order valence-electron chi connectivity index (χ1n) is 9.90. The Labute approximate surface area is 170 Å². The zero-order valence-electron chi connectivity index (χ0n) is 16.1. The van der Waals surface area contributed by atoms with Gasteiger partial charge in [0.25, 0.3) is 0 Å². The van der Waals surface area contributed by atoms with Gasteiger partial charge >= 0.3 is 5.97 Å². The molecule has 2 atom stereocenters. The van der Waals surface area contributed by atoms with Crippen LogP contribution in [0.1, 0.15) is 61.6 Å². The maximum atomic E-state index is 11.8. The minimum Gasteiger partial charge on any atom is -0.469 e. The van der Waals surface area contributed by atoms with Crippen LogP contribution in [0.5, 0.6) is 0 Å². The molecule has 0 radical (unpaired) electrons. The van der Waals surface area contributed by atoms with Crippen LogP contribution >= 0.6 is 12.2 Å². The van der Waals surface area contributed by atoms with Crippen LogP contribution in [0.2, 0.25) is 0 Å². The van der Waals surface area contributed by atoms with E-state index in [0.717, 1.165) is 5.69 Å². The fourth-order valence-electron chi connectivity index (χ4n) is 4.45. The zero-order chi connectivity index (χ0) is 19.5. The summed E-state index contributed by atoms with van der Waals surface area (Å²) in [5.74, 6) is -0.228. The lowest BCUT2D eigenvalue weighted by molar-refractivity contribution is -0.140. The topological polar surface area (TPSA) is 59.4 Å². The summed E-state index contributed by atoms with van der Waals surface area (Å²) in [5.41, 5.74) is 2.18. The van der Waals surface area contributed by atoms with Crippen molar-refractivity contribution < 1.29 is 9.53 Å². The van der Waals surface area contributed by atoms with E-state index in [-0.39, 0.29) is 18.1 Å². The van der Waals surface area contributed by atoms with E-state index in [9.17, 15) is 4.79 Å². The summed E-state index contributed by atoms with van der Waals surface area (Å²) in [6.07, 6.45) is 9.27. The zero-order valence-corrected chi connectivity index (χ0v) is 16.9. The summed E-state index contributed by atoms with van der Waals surface area (Å²) in [7, 11) is 1.42. The van der Waals surface area contributed by atoms with Gasteiger partial charge in [-0.3, -0.25) is 9.78 Å². The van der Waals surface area contributed by atoms with Gasteiger partial charge in [-0.15, -0.1) is 0 Å². The number of carbonyl (C=O) groups is 1. The monoisotopic (exact) mass is 398 g/mol. The number of thiocarbonyl (C=S) groups is 1. The lowest BCUT2D eigenvalue weighted by Crippen LogP contribution is -2.33. The minimum atomic E-state index is -0.228. The highest BCUT2D eigenvalue weighted by molar-refractivity contribution is 7.80. The highest BCUT2D eigenvalue weighted by atomic mass is 32.1. The molecule has 4 rings (SSSR count). The maximum absolute atomic E-state index is 11.8. The van der Waals surface area contributed by atoms with Crippen molar-refractivity contribution in [1.82, 2.24) is 19.8 Å². The fourth-order valence-corrected chi connectivity index (χ4v) is 4.79. The Kier molecular flexibility index (Phi) is 5.62. The van der Waals surface area contributed by atoms with Crippen LogP contribution in [0.15, 0.2) is 42.7 Å². The van der Waals surface area contributed by atoms with Crippen molar-refractivity contribution in [1.29, 1.82) is 0 Å². The van der Waals surface area contributed by atoms with E-state index >= 15 is 0 Å². The first-order valence-corrected chi connectivity index (χ1v) is 10.3. The predicted molar refractivity (Wildman–Crippen MR) is 111 cm³/mol. The predicted octanol–water partition coefficient (Wildman–Crippen LogP) is 3.53. The number of hydrogen-bond donors (Lipinski definition) is 1. The van der Waals surface area contributed by atoms with Crippen LogP contribution in [0.25, 0.3) is 0 Å². The molecule has 2 aromatic rings. The molecule has 28 heavy (non-hydrogen) atoms. The molecule has 1 aliphatic carbocycles. The molecule has 148 valence electrons. The second kappa shape index (κ2) is 8.31. The number of rotatable bonds is 6. The number of nitrogens with zero attached hydrogens (tertiary/aromatic N) is 3. The molecule has 2 fully saturated rings. The third-order valence-electron chi connectivity index (χ3n) is 5.82. The summed E-state index contributed by atoms with van der Waals surface area (Å²) in [6, 6.07) is 10.7. The number of methoxy groups -OCH3 is 1. The molecule has 1 saturated carbocycles. The molecule has 0 aromatic carbocycles. The smallest absolute Gasteiger partial charge is 0.307 e. The highest BCUT2D eigenvalue weighted by Gasteiger charge is 2.41. The summed E-state index contributed by atoms with van der Waals surface area (Å²) in [6.45, 7) is 0.516. The molecule has 3 heterocycles. The van der Waals surface area contributed by atoms with Crippen LogP contribution in [0.3, 0.4) is 0 Å². The van der Waals surface area contributed by atoms with Gasteiger partial charge in [-0.2, -0.15) is 0 Å². The lowest BCUT2D eigenvalue weighted by atomic mass is 10.0. The molecule has 7 heteroatoms. The number of carbonyl (C=O) groups excluding carboxylic acids is 1. The van der Waals surface area contributed by atoms with E-state index in [2.05, 4.69) is 38.1 Å². The number of aromatic nitrogens is 2. The van der Waals surface area contributed by atoms with Gasteiger partial charge in [-0.1, -0.05) is 18.9 Å².